The average Bonchev–Trinajstić information content (AvgIpc) is 2.71. The van der Waals surface area contributed by atoms with Gasteiger partial charge >= 0.3 is 0 Å². The molecule has 19 heavy (non-hydrogen) atoms. The number of thiocarbonyl (C=S) groups is 1. The van der Waals surface area contributed by atoms with Gasteiger partial charge in [-0.1, -0.05) is 30.1 Å². The molecule has 3 nitrogen and oxygen atoms in total. The monoisotopic (exact) mass is 292 g/mol. The van der Waals surface area contributed by atoms with Crippen molar-refractivity contribution in [3.05, 3.63) is 47.2 Å². The Morgan fingerprint density at radius 3 is 2.68 bits per heavy atom. The van der Waals surface area contributed by atoms with Crippen LogP contribution in [0.2, 0.25) is 0 Å². The van der Waals surface area contributed by atoms with Crippen molar-refractivity contribution < 1.29 is 4.79 Å². The number of thioether (sulfide) groups is 1. The largest absolute Gasteiger partial charge is 0.348 e. The summed E-state index contributed by atoms with van der Waals surface area (Å²) >= 11 is 6.55. The third kappa shape index (κ3) is 2.98. The van der Waals surface area contributed by atoms with E-state index in [-0.39, 0.29) is 5.91 Å². The lowest BCUT2D eigenvalue weighted by atomic mass is 10.2. The Morgan fingerprint density at radius 1 is 1.26 bits per heavy atom. The second-order valence-corrected chi connectivity index (χ2v) is 5.70. The normalized spacial score (nSPS) is 23.3. The van der Waals surface area contributed by atoms with E-state index in [0.29, 0.717) is 15.8 Å². The van der Waals surface area contributed by atoms with Gasteiger partial charge in [0, 0.05) is 25.0 Å². The van der Waals surface area contributed by atoms with Crippen LogP contribution in [0.5, 0.6) is 0 Å². The van der Waals surface area contributed by atoms with Crippen molar-refractivity contribution in [2.45, 2.75) is 13.8 Å². The SMILES string of the molecule is CCN1C(=O)/C(=C/C=C2\C=CC=CN2CC)SC1=S. The number of hydrogen-bond acceptors (Lipinski definition) is 4. The Labute approximate surface area is 123 Å². The van der Waals surface area contributed by atoms with E-state index < -0.39 is 0 Å². The van der Waals surface area contributed by atoms with E-state index in [1.807, 2.05) is 43.5 Å². The van der Waals surface area contributed by atoms with Crippen LogP contribution in [0, 0.1) is 0 Å². The van der Waals surface area contributed by atoms with Crippen LogP contribution in [0.15, 0.2) is 47.2 Å². The van der Waals surface area contributed by atoms with Crippen molar-refractivity contribution >= 4 is 34.2 Å². The zero-order chi connectivity index (χ0) is 13.8. The van der Waals surface area contributed by atoms with Gasteiger partial charge in [0.2, 0.25) is 0 Å². The fourth-order valence-corrected chi connectivity index (χ4v) is 3.20. The fourth-order valence-electron chi connectivity index (χ4n) is 1.88. The molecule has 0 unspecified atom stereocenters. The Bertz CT molecular complexity index is 518. The van der Waals surface area contributed by atoms with Crippen molar-refractivity contribution in [1.82, 2.24) is 9.80 Å². The van der Waals surface area contributed by atoms with Gasteiger partial charge in [-0.25, -0.2) is 0 Å². The van der Waals surface area contributed by atoms with Crippen molar-refractivity contribution in [3.8, 4) is 0 Å². The highest BCUT2D eigenvalue weighted by molar-refractivity contribution is 8.26. The van der Waals surface area contributed by atoms with Gasteiger partial charge in [0.05, 0.1) is 4.91 Å². The molecule has 0 atom stereocenters. The number of amides is 1. The first-order valence-electron chi connectivity index (χ1n) is 6.24. The van der Waals surface area contributed by atoms with Crippen LogP contribution in [-0.4, -0.2) is 33.1 Å². The molecular formula is C14H16N2OS2. The van der Waals surface area contributed by atoms with Crippen LogP contribution in [-0.2, 0) is 4.79 Å². The molecule has 0 N–H and O–H groups in total. The molecule has 0 aliphatic carbocycles. The Kier molecular flexibility index (Phi) is 4.61. The van der Waals surface area contributed by atoms with Gasteiger partial charge < -0.3 is 4.90 Å². The molecule has 0 saturated carbocycles. The number of carbonyl (C=O) groups is 1. The summed E-state index contributed by atoms with van der Waals surface area (Å²) in [5.41, 5.74) is 1.08. The van der Waals surface area contributed by atoms with Crippen LogP contribution in [0.3, 0.4) is 0 Å². The fraction of sp³-hybridized carbons (Fsp3) is 0.286. The zero-order valence-electron chi connectivity index (χ0n) is 11.0. The first kappa shape index (κ1) is 14.1. The smallest absolute Gasteiger partial charge is 0.266 e. The van der Waals surface area contributed by atoms with Gasteiger partial charge in [-0.2, -0.15) is 0 Å². The molecule has 0 aromatic carbocycles. The Morgan fingerprint density at radius 2 is 2.05 bits per heavy atom. The molecule has 2 aliphatic rings. The van der Waals surface area contributed by atoms with Gasteiger partial charge in [0.1, 0.15) is 4.32 Å². The van der Waals surface area contributed by atoms with E-state index in [4.69, 9.17) is 12.2 Å². The molecule has 0 bridgehead atoms. The maximum Gasteiger partial charge on any atom is 0.266 e. The molecule has 1 saturated heterocycles. The summed E-state index contributed by atoms with van der Waals surface area (Å²) in [6.07, 6.45) is 11.9. The first-order valence-corrected chi connectivity index (χ1v) is 7.47. The third-order valence-corrected chi connectivity index (χ3v) is 4.31. The van der Waals surface area contributed by atoms with Crippen molar-refractivity contribution in [1.29, 1.82) is 0 Å². The summed E-state index contributed by atoms with van der Waals surface area (Å²) in [6, 6.07) is 0. The lowest BCUT2D eigenvalue weighted by Gasteiger charge is -2.21. The standard InChI is InChI=1S/C14H16N2OS2/c1-3-15-10-6-5-7-11(15)8-9-12-13(17)16(4-2)14(18)19-12/h5-10H,3-4H2,1-2H3/b11-8+,12-9-. The topological polar surface area (TPSA) is 23.6 Å². The van der Waals surface area contributed by atoms with Crippen LogP contribution in [0.4, 0.5) is 0 Å². The maximum atomic E-state index is 12.0. The lowest BCUT2D eigenvalue weighted by Crippen LogP contribution is -2.27. The van der Waals surface area contributed by atoms with Crippen LogP contribution < -0.4 is 0 Å². The van der Waals surface area contributed by atoms with E-state index in [9.17, 15) is 4.79 Å². The molecule has 0 aromatic heterocycles. The molecule has 0 aromatic rings. The van der Waals surface area contributed by atoms with E-state index in [1.165, 1.54) is 11.8 Å². The number of allylic oxidation sites excluding steroid dienone is 5. The number of rotatable bonds is 3. The third-order valence-electron chi connectivity index (χ3n) is 2.91. The summed E-state index contributed by atoms with van der Waals surface area (Å²) in [4.78, 5) is 16.5. The summed E-state index contributed by atoms with van der Waals surface area (Å²) in [5, 5.41) is 0. The second kappa shape index (κ2) is 6.21. The van der Waals surface area contributed by atoms with E-state index in [2.05, 4.69) is 11.8 Å². The highest BCUT2D eigenvalue weighted by Crippen LogP contribution is 2.30. The molecule has 100 valence electrons. The minimum absolute atomic E-state index is 0.00716. The molecule has 2 heterocycles. The average molecular weight is 292 g/mol. The molecular weight excluding hydrogens is 276 g/mol. The van der Waals surface area contributed by atoms with Gasteiger partial charge in [-0.05, 0) is 38.2 Å². The summed E-state index contributed by atoms with van der Waals surface area (Å²) in [6.45, 7) is 5.55. The van der Waals surface area contributed by atoms with Gasteiger partial charge in [-0.3, -0.25) is 9.69 Å². The number of hydrogen-bond donors (Lipinski definition) is 0. The molecule has 2 rings (SSSR count). The van der Waals surface area contributed by atoms with Gasteiger partial charge in [-0.15, -0.1) is 0 Å². The van der Waals surface area contributed by atoms with Crippen molar-refractivity contribution in [3.63, 3.8) is 0 Å². The van der Waals surface area contributed by atoms with Crippen LogP contribution in [0.25, 0.3) is 0 Å². The Hall–Kier alpha value is -1.33. The molecule has 0 radical (unpaired) electrons. The predicted molar refractivity (Wildman–Crippen MR) is 84.4 cm³/mol. The lowest BCUT2D eigenvalue weighted by molar-refractivity contribution is -0.122. The van der Waals surface area contributed by atoms with Gasteiger partial charge in [0.15, 0.2) is 0 Å². The first-order chi connectivity index (χ1) is 9.17. The van der Waals surface area contributed by atoms with Gasteiger partial charge in [0.25, 0.3) is 5.91 Å². The summed E-state index contributed by atoms with van der Waals surface area (Å²) in [5.74, 6) is 0.00716. The zero-order valence-corrected chi connectivity index (χ0v) is 12.6. The quantitative estimate of drug-likeness (QED) is 0.589. The number of likely N-dealkylation sites (N-methyl/N-ethyl adjacent to an activating group) is 2. The van der Waals surface area contributed by atoms with Crippen molar-refractivity contribution in [2.75, 3.05) is 13.1 Å². The minimum atomic E-state index is 0.00716. The van der Waals surface area contributed by atoms with E-state index in [1.54, 1.807) is 4.90 Å². The highest BCUT2D eigenvalue weighted by atomic mass is 32.2. The van der Waals surface area contributed by atoms with Crippen LogP contribution >= 0.6 is 24.0 Å². The number of nitrogens with zero attached hydrogens (tertiary/aromatic N) is 2. The predicted octanol–water partition coefficient (Wildman–Crippen LogP) is 3.04. The van der Waals surface area contributed by atoms with E-state index >= 15 is 0 Å². The van der Waals surface area contributed by atoms with Crippen molar-refractivity contribution in [2.24, 2.45) is 0 Å². The number of carbonyl (C=O) groups excluding carboxylic acids is 1. The molecule has 1 fully saturated rings. The Balaban J connectivity index is 2.19. The molecule has 0 spiro atoms. The second-order valence-electron chi connectivity index (χ2n) is 4.03. The molecule has 2 aliphatic heterocycles. The summed E-state index contributed by atoms with van der Waals surface area (Å²) in [7, 11) is 0. The minimum Gasteiger partial charge on any atom is -0.348 e. The molecule has 1 amide bonds. The maximum absolute atomic E-state index is 12.0. The van der Waals surface area contributed by atoms with E-state index in [0.717, 1.165) is 12.2 Å². The highest BCUT2D eigenvalue weighted by Gasteiger charge is 2.30. The van der Waals surface area contributed by atoms with Crippen LogP contribution in [0.1, 0.15) is 13.8 Å². The molecule has 5 heteroatoms. The summed E-state index contributed by atoms with van der Waals surface area (Å²) < 4.78 is 0.642.